The number of hydrogen-bond acceptors (Lipinski definition) is 5. The molecule has 2 fully saturated rings. The molecule has 4 rings (SSSR count). The third-order valence-corrected chi connectivity index (χ3v) is 5.82. The molecule has 0 saturated carbocycles. The molecule has 0 bridgehead atoms. The number of hydrogen-bond donors (Lipinski definition) is 2. The van der Waals surface area contributed by atoms with Gasteiger partial charge in [-0.3, -0.25) is 14.7 Å². The van der Waals surface area contributed by atoms with Crippen LogP contribution in [0.15, 0.2) is 29.8 Å². The molecular formula is C17H20N4O3S. The summed E-state index contributed by atoms with van der Waals surface area (Å²) in [5.74, 6) is 0.365. The van der Waals surface area contributed by atoms with Crippen LogP contribution in [0.5, 0.6) is 0 Å². The monoisotopic (exact) mass is 360 g/mol. The second-order valence-corrected chi connectivity index (χ2v) is 7.57. The Labute approximate surface area is 149 Å². The van der Waals surface area contributed by atoms with E-state index in [0.29, 0.717) is 38.4 Å². The van der Waals surface area contributed by atoms with E-state index in [0.717, 1.165) is 4.88 Å². The molecule has 7 nitrogen and oxygen atoms in total. The first kappa shape index (κ1) is 16.3. The average molecular weight is 360 g/mol. The molecule has 0 unspecified atom stereocenters. The van der Waals surface area contributed by atoms with Crippen LogP contribution < -0.4 is 5.32 Å². The number of aromatic nitrogens is 2. The van der Waals surface area contributed by atoms with E-state index in [4.69, 9.17) is 4.74 Å². The Morgan fingerprint density at radius 1 is 1.40 bits per heavy atom. The standard InChI is InChI=1S/C17H20N4O3S/c22-16(18-7-12-2-1-5-25-12)6-11-10-24-15-9-21(8-13(11)15)17(23)14-3-4-19-20-14/h1-5,11,13,15H,6-10H2,(H,18,22)(H,19,20)/t11-,13+,15+/m0/s1. The lowest BCUT2D eigenvalue weighted by atomic mass is 9.90. The quantitative estimate of drug-likeness (QED) is 0.840. The van der Waals surface area contributed by atoms with Gasteiger partial charge in [-0.1, -0.05) is 6.07 Å². The molecule has 0 spiro atoms. The number of nitrogens with zero attached hydrogens (tertiary/aromatic N) is 2. The van der Waals surface area contributed by atoms with Gasteiger partial charge in [0.05, 0.1) is 19.3 Å². The third kappa shape index (κ3) is 3.45. The SMILES string of the molecule is O=C(C[C@H]1CO[C@@H]2CN(C(=O)c3ccn[nH]3)C[C@H]12)NCc1cccs1. The Morgan fingerprint density at radius 2 is 2.32 bits per heavy atom. The molecule has 2 aliphatic heterocycles. The van der Waals surface area contributed by atoms with Crippen molar-refractivity contribution in [2.75, 3.05) is 19.7 Å². The first-order valence-corrected chi connectivity index (χ1v) is 9.28. The summed E-state index contributed by atoms with van der Waals surface area (Å²) in [6, 6.07) is 5.66. The van der Waals surface area contributed by atoms with E-state index < -0.39 is 0 Å². The van der Waals surface area contributed by atoms with Crippen molar-refractivity contribution in [2.24, 2.45) is 11.8 Å². The highest BCUT2D eigenvalue weighted by Gasteiger charge is 2.45. The molecule has 132 valence electrons. The average Bonchev–Trinajstić information content (AvgIpc) is 3.37. The van der Waals surface area contributed by atoms with Crippen LogP contribution in [-0.2, 0) is 16.1 Å². The van der Waals surface area contributed by atoms with Crippen molar-refractivity contribution in [1.82, 2.24) is 20.4 Å². The third-order valence-electron chi connectivity index (χ3n) is 4.94. The molecule has 2 amide bonds. The van der Waals surface area contributed by atoms with Gasteiger partial charge in [-0.15, -0.1) is 11.3 Å². The predicted octanol–water partition coefficient (Wildman–Crippen LogP) is 1.26. The second-order valence-electron chi connectivity index (χ2n) is 6.54. The van der Waals surface area contributed by atoms with Gasteiger partial charge < -0.3 is 15.0 Å². The Balaban J connectivity index is 1.31. The number of carbonyl (C=O) groups is 2. The predicted molar refractivity (Wildman–Crippen MR) is 92.0 cm³/mol. The van der Waals surface area contributed by atoms with Gasteiger partial charge in [0.2, 0.25) is 5.91 Å². The number of likely N-dealkylation sites (tertiary alicyclic amines) is 1. The molecule has 0 aromatic carbocycles. The van der Waals surface area contributed by atoms with E-state index in [1.54, 1.807) is 28.5 Å². The number of aromatic amines is 1. The summed E-state index contributed by atoms with van der Waals surface area (Å²) in [4.78, 5) is 27.6. The van der Waals surface area contributed by atoms with Crippen molar-refractivity contribution < 1.29 is 14.3 Å². The zero-order valence-corrected chi connectivity index (χ0v) is 14.5. The van der Waals surface area contributed by atoms with Crippen molar-refractivity contribution in [3.05, 3.63) is 40.3 Å². The van der Waals surface area contributed by atoms with Crippen molar-refractivity contribution in [2.45, 2.75) is 19.1 Å². The summed E-state index contributed by atoms with van der Waals surface area (Å²) < 4.78 is 5.84. The summed E-state index contributed by atoms with van der Waals surface area (Å²) in [6.45, 7) is 2.37. The van der Waals surface area contributed by atoms with Gasteiger partial charge in [0.15, 0.2) is 0 Å². The Hall–Kier alpha value is -2.19. The van der Waals surface area contributed by atoms with Crippen LogP contribution in [0.1, 0.15) is 21.8 Å². The number of carbonyl (C=O) groups excluding carboxylic acids is 2. The lowest BCUT2D eigenvalue weighted by molar-refractivity contribution is -0.122. The van der Waals surface area contributed by atoms with Gasteiger partial charge in [-0.05, 0) is 23.4 Å². The van der Waals surface area contributed by atoms with Crippen LogP contribution in [0.4, 0.5) is 0 Å². The highest BCUT2D eigenvalue weighted by Crippen LogP contribution is 2.35. The minimum atomic E-state index is -0.0589. The maximum absolute atomic E-state index is 12.4. The first-order chi connectivity index (χ1) is 12.2. The highest BCUT2D eigenvalue weighted by atomic mass is 32.1. The molecule has 4 heterocycles. The summed E-state index contributed by atoms with van der Waals surface area (Å²) in [5.41, 5.74) is 0.491. The summed E-state index contributed by atoms with van der Waals surface area (Å²) in [6.07, 6.45) is 2.04. The smallest absolute Gasteiger partial charge is 0.271 e. The zero-order valence-electron chi connectivity index (χ0n) is 13.7. The van der Waals surface area contributed by atoms with Gasteiger partial charge in [0, 0.05) is 36.5 Å². The van der Waals surface area contributed by atoms with E-state index in [1.165, 1.54) is 0 Å². The number of amides is 2. The second kappa shape index (κ2) is 6.97. The number of thiophene rings is 1. The van der Waals surface area contributed by atoms with E-state index in [2.05, 4.69) is 15.5 Å². The fourth-order valence-electron chi connectivity index (χ4n) is 3.63. The molecule has 2 aromatic rings. The number of fused-ring (bicyclic) bond motifs is 1. The van der Waals surface area contributed by atoms with Crippen LogP contribution in [0.3, 0.4) is 0 Å². The molecule has 0 radical (unpaired) electrons. The van der Waals surface area contributed by atoms with Crippen LogP contribution in [0, 0.1) is 11.8 Å². The van der Waals surface area contributed by atoms with Crippen LogP contribution in [0.25, 0.3) is 0 Å². The molecule has 0 aliphatic carbocycles. The van der Waals surface area contributed by atoms with E-state index in [-0.39, 0.29) is 29.8 Å². The van der Waals surface area contributed by atoms with E-state index >= 15 is 0 Å². The maximum atomic E-state index is 12.4. The van der Waals surface area contributed by atoms with E-state index in [9.17, 15) is 9.59 Å². The topological polar surface area (TPSA) is 87.3 Å². The van der Waals surface area contributed by atoms with Crippen LogP contribution in [-0.4, -0.2) is 52.7 Å². The van der Waals surface area contributed by atoms with Gasteiger partial charge in [-0.2, -0.15) is 5.10 Å². The van der Waals surface area contributed by atoms with Crippen molar-refractivity contribution in [1.29, 1.82) is 0 Å². The highest BCUT2D eigenvalue weighted by molar-refractivity contribution is 7.09. The molecular weight excluding hydrogens is 340 g/mol. The van der Waals surface area contributed by atoms with Gasteiger partial charge in [0.1, 0.15) is 5.69 Å². The number of H-pyrrole nitrogens is 1. The van der Waals surface area contributed by atoms with Crippen molar-refractivity contribution in [3.63, 3.8) is 0 Å². The fourth-order valence-corrected chi connectivity index (χ4v) is 4.27. The largest absolute Gasteiger partial charge is 0.376 e. The molecule has 25 heavy (non-hydrogen) atoms. The normalized spacial score (nSPS) is 25.1. The minimum Gasteiger partial charge on any atom is -0.376 e. The fraction of sp³-hybridized carbons (Fsp3) is 0.471. The summed E-state index contributed by atoms with van der Waals surface area (Å²) in [5, 5.41) is 11.5. The van der Waals surface area contributed by atoms with Gasteiger partial charge in [0.25, 0.3) is 5.91 Å². The lowest BCUT2D eigenvalue weighted by Gasteiger charge is -2.19. The molecule has 8 heteroatoms. The zero-order chi connectivity index (χ0) is 17.2. The molecule has 3 atom stereocenters. The maximum Gasteiger partial charge on any atom is 0.271 e. The summed E-state index contributed by atoms with van der Waals surface area (Å²) >= 11 is 1.63. The first-order valence-electron chi connectivity index (χ1n) is 8.40. The number of rotatable bonds is 5. The molecule has 2 saturated heterocycles. The number of nitrogens with one attached hydrogen (secondary N) is 2. The van der Waals surface area contributed by atoms with Gasteiger partial charge >= 0.3 is 0 Å². The Bertz CT molecular complexity index is 731. The van der Waals surface area contributed by atoms with Crippen molar-refractivity contribution >= 4 is 23.2 Å². The molecule has 2 aromatic heterocycles. The molecule has 2 N–H and O–H groups in total. The minimum absolute atomic E-state index is 0.0296. The number of ether oxygens (including phenoxy) is 1. The van der Waals surface area contributed by atoms with E-state index in [1.807, 2.05) is 17.5 Å². The van der Waals surface area contributed by atoms with Crippen molar-refractivity contribution in [3.8, 4) is 0 Å². The Kier molecular flexibility index (Phi) is 4.54. The molecule has 2 aliphatic rings. The Morgan fingerprint density at radius 3 is 3.08 bits per heavy atom. The lowest BCUT2D eigenvalue weighted by Crippen LogP contribution is -2.32. The van der Waals surface area contributed by atoms with Gasteiger partial charge in [-0.25, -0.2) is 0 Å². The summed E-state index contributed by atoms with van der Waals surface area (Å²) in [7, 11) is 0. The van der Waals surface area contributed by atoms with Crippen LogP contribution >= 0.6 is 11.3 Å². The van der Waals surface area contributed by atoms with Crippen LogP contribution in [0.2, 0.25) is 0 Å².